The van der Waals surface area contributed by atoms with Crippen LogP contribution in [0.5, 0.6) is 0 Å². The van der Waals surface area contributed by atoms with Crippen LogP contribution in [-0.4, -0.2) is 32.6 Å². The lowest BCUT2D eigenvalue weighted by Gasteiger charge is -2.57. The second-order valence-electron chi connectivity index (χ2n) is 8.93. The molecule has 0 unspecified atom stereocenters. The number of fused-ring (bicyclic) bond motifs is 5. The Morgan fingerprint density at radius 3 is 2.50 bits per heavy atom. The topological polar surface area (TPSA) is 60.7 Å². The summed E-state index contributed by atoms with van der Waals surface area (Å²) in [5.41, 5.74) is -0.138. The Labute approximate surface area is 133 Å². The average molecular weight is 306 g/mol. The first kappa shape index (κ1) is 15.2. The molecule has 3 nitrogen and oxygen atoms in total. The second-order valence-corrected chi connectivity index (χ2v) is 8.93. The number of rotatable bonds is 0. The monoisotopic (exact) mass is 306 g/mol. The van der Waals surface area contributed by atoms with Crippen LogP contribution in [0.15, 0.2) is 11.6 Å². The summed E-state index contributed by atoms with van der Waals surface area (Å²) in [6.07, 6.45) is 9.46. The van der Waals surface area contributed by atoms with Crippen LogP contribution in [0.2, 0.25) is 0 Å². The van der Waals surface area contributed by atoms with E-state index < -0.39 is 11.2 Å². The van der Waals surface area contributed by atoms with Gasteiger partial charge >= 0.3 is 0 Å². The first-order valence-corrected chi connectivity index (χ1v) is 9.10. The lowest BCUT2D eigenvalue weighted by Crippen LogP contribution is -2.59. The predicted octanol–water partition coefficient (Wildman–Crippen LogP) is 2.79. The maximum absolute atomic E-state index is 11.2. The van der Waals surface area contributed by atoms with Crippen LogP contribution < -0.4 is 0 Å². The van der Waals surface area contributed by atoms with Gasteiger partial charge in [0, 0.05) is 0 Å². The van der Waals surface area contributed by atoms with Crippen molar-refractivity contribution < 1.29 is 15.3 Å². The van der Waals surface area contributed by atoms with Gasteiger partial charge in [0.2, 0.25) is 0 Å². The van der Waals surface area contributed by atoms with Gasteiger partial charge in [-0.1, -0.05) is 18.6 Å². The molecule has 3 heteroatoms. The largest absolute Gasteiger partial charge is 0.393 e. The van der Waals surface area contributed by atoms with Gasteiger partial charge in [-0.25, -0.2) is 0 Å². The number of hydrogen-bond acceptors (Lipinski definition) is 3. The fraction of sp³-hybridized carbons (Fsp3) is 0.895. The third-order valence-corrected chi connectivity index (χ3v) is 8.00. The first-order valence-electron chi connectivity index (χ1n) is 9.10. The molecule has 0 bridgehead atoms. The summed E-state index contributed by atoms with van der Waals surface area (Å²) in [6.45, 7) is 4.22. The van der Waals surface area contributed by atoms with Crippen LogP contribution in [0.25, 0.3) is 0 Å². The van der Waals surface area contributed by atoms with Crippen molar-refractivity contribution in [2.24, 2.45) is 23.2 Å². The average Bonchev–Trinajstić information content (AvgIpc) is 2.70. The van der Waals surface area contributed by atoms with Gasteiger partial charge in [-0.2, -0.15) is 0 Å². The van der Waals surface area contributed by atoms with Crippen molar-refractivity contribution in [1.82, 2.24) is 0 Å². The van der Waals surface area contributed by atoms with E-state index in [2.05, 4.69) is 13.0 Å². The highest BCUT2D eigenvalue weighted by Crippen LogP contribution is 2.63. The number of hydrogen-bond donors (Lipinski definition) is 3. The minimum atomic E-state index is -0.920. The van der Waals surface area contributed by atoms with Crippen molar-refractivity contribution in [2.45, 2.75) is 82.5 Å². The van der Waals surface area contributed by atoms with Crippen LogP contribution in [-0.2, 0) is 0 Å². The highest BCUT2D eigenvalue weighted by molar-refractivity contribution is 5.26. The standard InChI is InChI=1S/C19H30O3/c1-17-8-5-13(20)11-12(17)3-4-14-15(17)7-10-19(22)16(14)6-9-18(19,2)21/h3,13-16,20-22H,4-11H2,1-2H3/t13-,14+,15-,16-,17-,18+,19-/m0/s1. The summed E-state index contributed by atoms with van der Waals surface area (Å²) in [7, 11) is 0. The number of allylic oxidation sites excluding steroid dienone is 1. The van der Waals surface area contributed by atoms with E-state index >= 15 is 0 Å². The van der Waals surface area contributed by atoms with E-state index in [1.807, 2.05) is 6.92 Å². The van der Waals surface area contributed by atoms with Crippen molar-refractivity contribution >= 4 is 0 Å². The van der Waals surface area contributed by atoms with Crippen LogP contribution in [0.4, 0.5) is 0 Å². The van der Waals surface area contributed by atoms with Crippen LogP contribution in [0.3, 0.4) is 0 Å². The van der Waals surface area contributed by atoms with Gasteiger partial charge in [0.15, 0.2) is 0 Å². The summed E-state index contributed by atoms with van der Waals surface area (Å²) in [5.74, 6) is 1.35. The second kappa shape index (κ2) is 4.58. The summed E-state index contributed by atoms with van der Waals surface area (Å²) in [6, 6.07) is 0. The minimum Gasteiger partial charge on any atom is -0.393 e. The Hall–Kier alpha value is -0.380. The molecule has 4 aliphatic carbocycles. The van der Waals surface area contributed by atoms with Crippen molar-refractivity contribution in [2.75, 3.05) is 0 Å². The Morgan fingerprint density at radius 2 is 1.73 bits per heavy atom. The van der Waals surface area contributed by atoms with Gasteiger partial charge < -0.3 is 15.3 Å². The fourth-order valence-corrected chi connectivity index (χ4v) is 6.54. The maximum Gasteiger partial charge on any atom is 0.0961 e. The van der Waals surface area contributed by atoms with Crippen LogP contribution in [0, 0.1) is 23.2 Å². The Bertz CT molecular complexity index is 511. The lowest BCUT2D eigenvalue weighted by atomic mass is 9.49. The molecule has 0 amide bonds. The fourth-order valence-electron chi connectivity index (χ4n) is 6.54. The van der Waals surface area contributed by atoms with E-state index in [1.54, 1.807) is 0 Å². The van der Waals surface area contributed by atoms with E-state index in [-0.39, 0.29) is 17.4 Å². The molecule has 3 saturated carbocycles. The summed E-state index contributed by atoms with van der Waals surface area (Å²) >= 11 is 0. The Balaban J connectivity index is 1.69. The Kier molecular flexibility index (Phi) is 3.16. The van der Waals surface area contributed by atoms with E-state index in [4.69, 9.17) is 0 Å². The third kappa shape index (κ3) is 1.79. The maximum atomic E-state index is 11.2. The van der Waals surface area contributed by atoms with Gasteiger partial charge in [0.25, 0.3) is 0 Å². The molecule has 0 saturated heterocycles. The third-order valence-electron chi connectivity index (χ3n) is 8.00. The molecule has 0 aromatic carbocycles. The van der Waals surface area contributed by atoms with E-state index in [1.165, 1.54) is 5.57 Å². The minimum absolute atomic E-state index is 0.163. The molecule has 124 valence electrons. The Morgan fingerprint density at radius 1 is 1.00 bits per heavy atom. The highest BCUT2D eigenvalue weighted by atomic mass is 16.4. The van der Waals surface area contributed by atoms with Crippen molar-refractivity contribution in [3.8, 4) is 0 Å². The van der Waals surface area contributed by atoms with Gasteiger partial charge in [0.05, 0.1) is 17.3 Å². The molecule has 4 rings (SSSR count). The highest BCUT2D eigenvalue weighted by Gasteiger charge is 2.63. The van der Waals surface area contributed by atoms with Gasteiger partial charge in [-0.15, -0.1) is 0 Å². The molecule has 0 aliphatic heterocycles. The molecule has 4 aliphatic rings. The lowest BCUT2D eigenvalue weighted by molar-refractivity contribution is -0.184. The van der Waals surface area contributed by atoms with Crippen LogP contribution >= 0.6 is 0 Å². The van der Waals surface area contributed by atoms with E-state index in [0.29, 0.717) is 11.8 Å². The molecule has 0 aromatic heterocycles. The molecule has 0 heterocycles. The molecule has 22 heavy (non-hydrogen) atoms. The molecule has 0 spiro atoms. The van der Waals surface area contributed by atoms with Crippen molar-refractivity contribution in [3.63, 3.8) is 0 Å². The molecule has 0 aromatic rings. The SMILES string of the molecule is C[C@]12CC[C@H](O)CC1=CC[C@@H]1[C@@H]2CC[C@]2(O)[C@H]1CC[C@@]2(C)O. The molecular weight excluding hydrogens is 276 g/mol. The molecule has 7 atom stereocenters. The normalized spacial score (nSPS) is 57.6. The quantitative estimate of drug-likeness (QED) is 0.603. The zero-order valence-corrected chi connectivity index (χ0v) is 13.9. The summed E-state index contributed by atoms with van der Waals surface area (Å²) < 4.78 is 0. The molecule has 3 N–H and O–H groups in total. The van der Waals surface area contributed by atoms with Crippen LogP contribution in [0.1, 0.15) is 65.2 Å². The van der Waals surface area contributed by atoms with E-state index in [9.17, 15) is 15.3 Å². The number of aliphatic hydroxyl groups is 3. The molecule has 3 fully saturated rings. The molecule has 0 radical (unpaired) electrons. The first-order chi connectivity index (χ1) is 10.3. The zero-order valence-electron chi connectivity index (χ0n) is 13.9. The summed E-state index contributed by atoms with van der Waals surface area (Å²) in [5, 5.41) is 31.9. The van der Waals surface area contributed by atoms with Crippen molar-refractivity contribution in [3.05, 3.63) is 11.6 Å². The van der Waals surface area contributed by atoms with Gasteiger partial charge in [-0.05, 0) is 81.5 Å². The smallest absolute Gasteiger partial charge is 0.0961 e. The van der Waals surface area contributed by atoms with Gasteiger partial charge in [0.1, 0.15) is 0 Å². The van der Waals surface area contributed by atoms with E-state index in [0.717, 1.165) is 51.4 Å². The van der Waals surface area contributed by atoms with Gasteiger partial charge in [-0.3, -0.25) is 0 Å². The summed E-state index contributed by atoms with van der Waals surface area (Å²) in [4.78, 5) is 0. The zero-order chi connectivity index (χ0) is 15.8. The van der Waals surface area contributed by atoms with Crippen molar-refractivity contribution in [1.29, 1.82) is 0 Å². The number of aliphatic hydroxyl groups excluding tert-OH is 1. The predicted molar refractivity (Wildman–Crippen MR) is 85.2 cm³/mol. The molecular formula is C19H30O3.